The van der Waals surface area contributed by atoms with Gasteiger partial charge in [0, 0.05) is 24.8 Å². The van der Waals surface area contributed by atoms with Crippen molar-refractivity contribution in [2.45, 2.75) is 57.9 Å². The zero-order valence-electron chi connectivity index (χ0n) is 21.6. The molecule has 2 saturated heterocycles. The van der Waals surface area contributed by atoms with Gasteiger partial charge >= 0.3 is 0 Å². The van der Waals surface area contributed by atoms with E-state index in [9.17, 15) is 14.0 Å². The first kappa shape index (κ1) is 25.6. The van der Waals surface area contributed by atoms with Crippen LogP contribution in [0.3, 0.4) is 0 Å². The zero-order chi connectivity index (χ0) is 26.0. The van der Waals surface area contributed by atoms with E-state index < -0.39 is 17.8 Å². The van der Waals surface area contributed by atoms with E-state index in [0.29, 0.717) is 42.0 Å². The summed E-state index contributed by atoms with van der Waals surface area (Å²) < 4.78 is 20.7. The minimum atomic E-state index is -0.584. The van der Waals surface area contributed by atoms with Crippen molar-refractivity contribution in [3.05, 3.63) is 48.0 Å². The molecule has 3 heterocycles. The molecule has 5 rings (SSSR count). The molecule has 37 heavy (non-hydrogen) atoms. The number of hydrogen-bond donors (Lipinski definition) is 1. The first-order valence-electron chi connectivity index (χ1n) is 13.5. The molecule has 8 heteroatoms. The summed E-state index contributed by atoms with van der Waals surface area (Å²) in [5, 5.41) is 0. The van der Waals surface area contributed by atoms with Crippen molar-refractivity contribution >= 4 is 11.8 Å². The molecule has 0 bridgehead atoms. The Labute approximate surface area is 218 Å². The highest BCUT2D eigenvalue weighted by Gasteiger charge is 2.35. The van der Waals surface area contributed by atoms with Crippen LogP contribution in [0.4, 0.5) is 4.39 Å². The second-order valence-electron chi connectivity index (χ2n) is 11.3. The van der Waals surface area contributed by atoms with Crippen LogP contribution in [0.25, 0.3) is 11.1 Å². The number of ether oxygens (including phenoxy) is 1. The van der Waals surface area contributed by atoms with Gasteiger partial charge in [-0.1, -0.05) is 25.5 Å². The van der Waals surface area contributed by atoms with E-state index in [1.807, 2.05) is 6.07 Å². The van der Waals surface area contributed by atoms with Gasteiger partial charge in [0.1, 0.15) is 11.7 Å². The van der Waals surface area contributed by atoms with Gasteiger partial charge in [-0.15, -0.1) is 0 Å². The van der Waals surface area contributed by atoms with Gasteiger partial charge < -0.3 is 20.3 Å². The van der Waals surface area contributed by atoms with Crippen molar-refractivity contribution in [1.82, 2.24) is 14.8 Å². The number of halogens is 1. The number of hydrogen-bond acceptors (Lipinski definition) is 5. The Hall–Kier alpha value is -3.00. The molecule has 0 radical (unpaired) electrons. The summed E-state index contributed by atoms with van der Waals surface area (Å²) >= 11 is 0. The first-order valence-corrected chi connectivity index (χ1v) is 13.5. The molecule has 1 atom stereocenters. The molecule has 2 amide bonds. The van der Waals surface area contributed by atoms with Crippen molar-refractivity contribution in [2.24, 2.45) is 17.1 Å². The number of nitrogens with two attached hydrogens (primary N) is 1. The first-order chi connectivity index (χ1) is 17.8. The second-order valence-corrected chi connectivity index (χ2v) is 11.3. The molecule has 1 aliphatic carbocycles. The van der Waals surface area contributed by atoms with Crippen molar-refractivity contribution < 1.29 is 18.7 Å². The van der Waals surface area contributed by atoms with Crippen molar-refractivity contribution in [3.63, 3.8) is 0 Å². The number of aromatic nitrogens is 1. The fourth-order valence-electron chi connectivity index (χ4n) is 5.94. The summed E-state index contributed by atoms with van der Waals surface area (Å²) in [6.07, 6.45) is 9.10. The van der Waals surface area contributed by atoms with Gasteiger partial charge in [-0.2, -0.15) is 0 Å². The lowest BCUT2D eigenvalue weighted by Crippen LogP contribution is -2.44. The van der Waals surface area contributed by atoms with Gasteiger partial charge in [0.25, 0.3) is 5.91 Å². The Morgan fingerprint density at radius 2 is 1.84 bits per heavy atom. The SMILES string of the molecule is CC1(CN2CCC(COc3ccc(-c4ccc(C(=O)N5CCC[C@H]5C(N)=O)nc4)cc3F)CC2)CCC1. The molecule has 1 aromatic heterocycles. The third-order valence-electron chi connectivity index (χ3n) is 8.44. The maximum atomic E-state index is 14.9. The van der Waals surface area contributed by atoms with Gasteiger partial charge in [-0.25, -0.2) is 4.39 Å². The standard InChI is InChI=1S/C29H37FN4O3/c1-29(11-3-12-29)19-33-14-9-20(10-15-33)18-37-26-8-6-21(16-23(26)30)22-5-7-24(32-17-22)28(36)34-13-2-4-25(34)27(31)35/h5-8,16-17,20,25H,2-4,9-15,18-19H2,1H3,(H2,31,35)/t25-/m0/s1. The number of amides is 2. The lowest BCUT2D eigenvalue weighted by Gasteiger charge is -2.44. The van der Waals surface area contributed by atoms with Crippen LogP contribution in [-0.2, 0) is 4.79 Å². The number of benzene rings is 1. The number of primary amides is 1. The van der Waals surface area contributed by atoms with Gasteiger partial charge in [-0.3, -0.25) is 14.6 Å². The fourth-order valence-corrected chi connectivity index (χ4v) is 5.94. The summed E-state index contributed by atoms with van der Waals surface area (Å²) in [5.41, 5.74) is 7.54. The molecule has 1 saturated carbocycles. The van der Waals surface area contributed by atoms with E-state index >= 15 is 0 Å². The Bertz CT molecular complexity index is 1130. The number of nitrogens with zero attached hydrogens (tertiary/aromatic N) is 3. The highest BCUT2D eigenvalue weighted by Crippen LogP contribution is 2.41. The lowest BCUT2D eigenvalue weighted by atomic mass is 9.70. The Morgan fingerprint density at radius 1 is 1.08 bits per heavy atom. The summed E-state index contributed by atoms with van der Waals surface area (Å²) in [5.74, 6) is -0.507. The summed E-state index contributed by atoms with van der Waals surface area (Å²) in [7, 11) is 0. The van der Waals surface area contributed by atoms with Crippen LogP contribution in [-0.4, -0.2) is 65.4 Å². The van der Waals surface area contributed by atoms with Crippen LogP contribution in [0.15, 0.2) is 36.5 Å². The average Bonchev–Trinajstić information content (AvgIpc) is 3.38. The van der Waals surface area contributed by atoms with E-state index in [1.165, 1.54) is 36.8 Å². The normalized spacial score (nSPS) is 22.0. The summed E-state index contributed by atoms with van der Waals surface area (Å²) in [6, 6.07) is 7.68. The van der Waals surface area contributed by atoms with E-state index in [-0.39, 0.29) is 17.4 Å². The average molecular weight is 509 g/mol. The number of pyridine rings is 1. The molecule has 0 spiro atoms. The number of carbonyl (C=O) groups is 2. The Morgan fingerprint density at radius 3 is 2.46 bits per heavy atom. The lowest BCUT2D eigenvalue weighted by molar-refractivity contribution is -0.121. The van der Waals surface area contributed by atoms with Crippen LogP contribution in [0.1, 0.15) is 62.4 Å². The number of likely N-dealkylation sites (tertiary alicyclic amines) is 2. The molecule has 198 valence electrons. The van der Waals surface area contributed by atoms with Crippen molar-refractivity contribution in [2.75, 3.05) is 32.8 Å². The van der Waals surface area contributed by atoms with Crippen LogP contribution in [0, 0.1) is 17.2 Å². The van der Waals surface area contributed by atoms with E-state index in [1.54, 1.807) is 24.4 Å². The Kier molecular flexibility index (Phi) is 7.47. The molecule has 0 unspecified atom stereocenters. The molecular weight excluding hydrogens is 471 g/mol. The number of piperidine rings is 1. The minimum Gasteiger partial charge on any atom is -0.490 e. The molecule has 3 aliphatic rings. The van der Waals surface area contributed by atoms with Crippen molar-refractivity contribution in [1.29, 1.82) is 0 Å². The van der Waals surface area contributed by atoms with Crippen LogP contribution < -0.4 is 10.5 Å². The highest BCUT2D eigenvalue weighted by molar-refractivity contribution is 5.96. The second kappa shape index (κ2) is 10.8. The maximum Gasteiger partial charge on any atom is 0.273 e. The van der Waals surface area contributed by atoms with Gasteiger partial charge in [0.05, 0.1) is 6.61 Å². The smallest absolute Gasteiger partial charge is 0.273 e. The van der Waals surface area contributed by atoms with Crippen LogP contribution >= 0.6 is 0 Å². The molecule has 2 N–H and O–H groups in total. The number of carbonyl (C=O) groups excluding carboxylic acids is 2. The quantitative estimate of drug-likeness (QED) is 0.576. The number of rotatable bonds is 8. The molecular formula is C29H37FN4O3. The fraction of sp³-hybridized carbons (Fsp3) is 0.552. The predicted molar refractivity (Wildman–Crippen MR) is 140 cm³/mol. The van der Waals surface area contributed by atoms with Gasteiger partial charge in [0.2, 0.25) is 5.91 Å². The maximum absolute atomic E-state index is 14.9. The predicted octanol–water partition coefficient (Wildman–Crippen LogP) is 4.26. The topological polar surface area (TPSA) is 88.8 Å². The third-order valence-corrected chi connectivity index (χ3v) is 8.44. The third kappa shape index (κ3) is 5.79. The largest absolute Gasteiger partial charge is 0.490 e. The summed E-state index contributed by atoms with van der Waals surface area (Å²) in [6.45, 7) is 6.81. The van der Waals surface area contributed by atoms with E-state index in [4.69, 9.17) is 10.5 Å². The Balaban J connectivity index is 1.14. The zero-order valence-corrected chi connectivity index (χ0v) is 21.6. The molecule has 3 fully saturated rings. The molecule has 2 aliphatic heterocycles. The van der Waals surface area contributed by atoms with Gasteiger partial charge in [0.15, 0.2) is 11.6 Å². The van der Waals surface area contributed by atoms with E-state index in [0.717, 1.165) is 32.4 Å². The monoisotopic (exact) mass is 508 g/mol. The van der Waals surface area contributed by atoms with Crippen LogP contribution in [0.5, 0.6) is 5.75 Å². The highest BCUT2D eigenvalue weighted by atomic mass is 19.1. The van der Waals surface area contributed by atoms with Crippen molar-refractivity contribution in [3.8, 4) is 16.9 Å². The molecule has 2 aromatic rings. The molecule has 7 nitrogen and oxygen atoms in total. The minimum absolute atomic E-state index is 0.241. The van der Waals surface area contributed by atoms with E-state index in [2.05, 4.69) is 16.8 Å². The van der Waals surface area contributed by atoms with Crippen LogP contribution in [0.2, 0.25) is 0 Å². The van der Waals surface area contributed by atoms with Gasteiger partial charge in [-0.05, 0) is 86.7 Å². The molecule has 1 aromatic carbocycles. The summed E-state index contributed by atoms with van der Waals surface area (Å²) in [4.78, 5) is 32.7.